The molecule has 0 aliphatic carbocycles. The number of amides is 2. The third-order valence-electron chi connectivity index (χ3n) is 3.47. The Hall–Kier alpha value is -2.33. The van der Waals surface area contributed by atoms with Crippen molar-refractivity contribution >= 4 is 11.7 Å². The van der Waals surface area contributed by atoms with Crippen LogP contribution in [-0.4, -0.2) is 17.7 Å². The van der Waals surface area contributed by atoms with Crippen molar-refractivity contribution in [1.29, 1.82) is 0 Å². The summed E-state index contributed by atoms with van der Waals surface area (Å²) >= 11 is 0. The number of benzene rings is 2. The van der Waals surface area contributed by atoms with Gasteiger partial charge >= 0.3 is 6.03 Å². The third kappa shape index (κ3) is 4.90. The van der Waals surface area contributed by atoms with E-state index >= 15 is 0 Å². The molecule has 1 atom stereocenters. The van der Waals surface area contributed by atoms with Gasteiger partial charge in [-0.05, 0) is 37.5 Å². The van der Waals surface area contributed by atoms with Crippen molar-refractivity contribution in [3.8, 4) is 0 Å². The zero-order valence-corrected chi connectivity index (χ0v) is 12.8. The van der Waals surface area contributed by atoms with Crippen LogP contribution in [0.4, 0.5) is 10.5 Å². The molecule has 4 heteroatoms. The number of carbonyl (C=O) groups excluding carboxylic acids is 1. The number of rotatable bonds is 6. The van der Waals surface area contributed by atoms with E-state index in [4.69, 9.17) is 5.11 Å². The van der Waals surface area contributed by atoms with Crippen LogP contribution >= 0.6 is 0 Å². The van der Waals surface area contributed by atoms with Crippen LogP contribution in [0.15, 0.2) is 54.6 Å². The summed E-state index contributed by atoms with van der Waals surface area (Å²) in [4.78, 5) is 12.2. The SMILES string of the molecule is Cc1ccc(NC(=O)NC(CCCO)c2ccccc2)cc1. The molecule has 0 saturated heterocycles. The van der Waals surface area contributed by atoms with E-state index in [1.54, 1.807) is 0 Å². The Balaban J connectivity index is 2.00. The standard InChI is InChI=1S/C18H22N2O2/c1-14-9-11-16(12-10-14)19-18(22)20-17(8-5-13-21)15-6-3-2-4-7-15/h2-4,6-7,9-12,17,21H,5,8,13H2,1H3,(H2,19,20,22). The average molecular weight is 298 g/mol. The van der Waals surface area contributed by atoms with Crippen molar-refractivity contribution in [1.82, 2.24) is 5.32 Å². The molecule has 1 unspecified atom stereocenters. The van der Waals surface area contributed by atoms with E-state index in [1.807, 2.05) is 61.5 Å². The summed E-state index contributed by atoms with van der Waals surface area (Å²) in [6, 6.07) is 17.1. The van der Waals surface area contributed by atoms with Gasteiger partial charge in [0.1, 0.15) is 0 Å². The molecule has 0 heterocycles. The van der Waals surface area contributed by atoms with Crippen LogP contribution in [0.25, 0.3) is 0 Å². The maximum Gasteiger partial charge on any atom is 0.319 e. The molecule has 116 valence electrons. The minimum absolute atomic E-state index is 0.112. The number of aliphatic hydroxyl groups is 1. The first-order chi connectivity index (χ1) is 10.7. The summed E-state index contributed by atoms with van der Waals surface area (Å²) in [6.07, 6.45) is 1.34. The minimum Gasteiger partial charge on any atom is -0.396 e. The molecular formula is C18H22N2O2. The van der Waals surface area contributed by atoms with Crippen molar-refractivity contribution < 1.29 is 9.90 Å². The van der Waals surface area contributed by atoms with E-state index in [2.05, 4.69) is 10.6 Å². The number of hydrogen-bond acceptors (Lipinski definition) is 2. The molecule has 0 spiro atoms. The van der Waals surface area contributed by atoms with Gasteiger partial charge in [0, 0.05) is 12.3 Å². The second-order valence-electron chi connectivity index (χ2n) is 5.29. The predicted octanol–water partition coefficient (Wildman–Crippen LogP) is 3.63. The Labute approximate surface area is 131 Å². The van der Waals surface area contributed by atoms with Gasteiger partial charge in [0.25, 0.3) is 0 Å². The highest BCUT2D eigenvalue weighted by molar-refractivity contribution is 5.89. The van der Waals surface area contributed by atoms with Crippen LogP contribution in [0.5, 0.6) is 0 Å². The van der Waals surface area contributed by atoms with Crippen LogP contribution < -0.4 is 10.6 Å². The quantitative estimate of drug-likeness (QED) is 0.762. The molecule has 2 aromatic rings. The molecule has 2 rings (SSSR count). The van der Waals surface area contributed by atoms with Crippen molar-refractivity contribution in [2.75, 3.05) is 11.9 Å². The highest BCUT2D eigenvalue weighted by atomic mass is 16.3. The van der Waals surface area contributed by atoms with Crippen LogP contribution in [0.2, 0.25) is 0 Å². The van der Waals surface area contributed by atoms with Crippen molar-refractivity contribution in [3.63, 3.8) is 0 Å². The van der Waals surface area contributed by atoms with Gasteiger partial charge in [-0.15, -0.1) is 0 Å². The molecule has 0 bridgehead atoms. The minimum atomic E-state index is -0.240. The predicted molar refractivity (Wildman–Crippen MR) is 88.8 cm³/mol. The smallest absolute Gasteiger partial charge is 0.319 e. The summed E-state index contributed by atoms with van der Waals surface area (Å²) in [5.74, 6) is 0. The van der Waals surface area contributed by atoms with Gasteiger partial charge in [0.15, 0.2) is 0 Å². The molecule has 0 radical (unpaired) electrons. The maximum atomic E-state index is 12.2. The number of nitrogens with one attached hydrogen (secondary N) is 2. The maximum absolute atomic E-state index is 12.2. The normalized spacial score (nSPS) is 11.7. The van der Waals surface area contributed by atoms with Gasteiger partial charge in [0.05, 0.1) is 6.04 Å². The summed E-state index contributed by atoms with van der Waals surface area (Å²) in [7, 11) is 0. The Morgan fingerprint density at radius 1 is 1.09 bits per heavy atom. The lowest BCUT2D eigenvalue weighted by molar-refractivity contribution is 0.244. The Bertz CT molecular complexity index is 582. The highest BCUT2D eigenvalue weighted by Gasteiger charge is 2.14. The van der Waals surface area contributed by atoms with E-state index in [-0.39, 0.29) is 18.7 Å². The Morgan fingerprint density at radius 2 is 1.77 bits per heavy atom. The zero-order chi connectivity index (χ0) is 15.8. The fraction of sp³-hybridized carbons (Fsp3) is 0.278. The zero-order valence-electron chi connectivity index (χ0n) is 12.8. The topological polar surface area (TPSA) is 61.4 Å². The second kappa shape index (κ2) is 8.20. The molecule has 4 nitrogen and oxygen atoms in total. The van der Waals surface area contributed by atoms with Crippen molar-refractivity contribution in [3.05, 3.63) is 65.7 Å². The summed E-state index contributed by atoms with van der Waals surface area (Å²) in [6.45, 7) is 2.12. The molecule has 2 amide bonds. The van der Waals surface area contributed by atoms with Crippen LogP contribution in [0.3, 0.4) is 0 Å². The fourth-order valence-electron chi connectivity index (χ4n) is 2.27. The van der Waals surface area contributed by atoms with Gasteiger partial charge in [-0.1, -0.05) is 48.0 Å². The summed E-state index contributed by atoms with van der Waals surface area (Å²) in [5, 5.41) is 14.8. The largest absolute Gasteiger partial charge is 0.396 e. The first-order valence-electron chi connectivity index (χ1n) is 7.49. The Kier molecular flexibility index (Phi) is 5.98. The number of hydrogen-bond donors (Lipinski definition) is 3. The lowest BCUT2D eigenvalue weighted by Crippen LogP contribution is -2.32. The lowest BCUT2D eigenvalue weighted by atomic mass is 10.0. The molecular weight excluding hydrogens is 276 g/mol. The molecule has 0 aliphatic rings. The van der Waals surface area contributed by atoms with Crippen molar-refractivity contribution in [2.24, 2.45) is 0 Å². The summed E-state index contributed by atoms with van der Waals surface area (Å²) < 4.78 is 0. The van der Waals surface area contributed by atoms with Gasteiger partial charge in [-0.3, -0.25) is 0 Å². The van der Waals surface area contributed by atoms with E-state index in [9.17, 15) is 4.79 Å². The van der Waals surface area contributed by atoms with Crippen LogP contribution in [-0.2, 0) is 0 Å². The van der Waals surface area contributed by atoms with Crippen molar-refractivity contribution in [2.45, 2.75) is 25.8 Å². The van der Waals surface area contributed by atoms with Gasteiger partial charge in [-0.2, -0.15) is 0 Å². The van der Waals surface area contributed by atoms with E-state index in [1.165, 1.54) is 0 Å². The number of aliphatic hydroxyl groups excluding tert-OH is 1. The van der Waals surface area contributed by atoms with Gasteiger partial charge in [0.2, 0.25) is 0 Å². The summed E-state index contributed by atoms with van der Waals surface area (Å²) in [5.41, 5.74) is 2.95. The van der Waals surface area contributed by atoms with E-state index in [0.717, 1.165) is 16.8 Å². The second-order valence-corrected chi connectivity index (χ2v) is 5.29. The van der Waals surface area contributed by atoms with E-state index < -0.39 is 0 Å². The lowest BCUT2D eigenvalue weighted by Gasteiger charge is -2.19. The fourth-order valence-corrected chi connectivity index (χ4v) is 2.27. The number of urea groups is 1. The van der Waals surface area contributed by atoms with Gasteiger partial charge < -0.3 is 15.7 Å². The number of carbonyl (C=O) groups is 1. The molecule has 3 N–H and O–H groups in total. The Morgan fingerprint density at radius 3 is 2.41 bits per heavy atom. The molecule has 0 fully saturated rings. The first kappa shape index (κ1) is 16.0. The van der Waals surface area contributed by atoms with Crippen LogP contribution in [0, 0.1) is 6.92 Å². The molecule has 0 aliphatic heterocycles. The molecule has 0 saturated carbocycles. The van der Waals surface area contributed by atoms with Gasteiger partial charge in [-0.25, -0.2) is 4.79 Å². The van der Waals surface area contributed by atoms with Crippen LogP contribution in [0.1, 0.15) is 30.0 Å². The van der Waals surface area contributed by atoms with E-state index in [0.29, 0.717) is 12.8 Å². The number of anilines is 1. The number of aryl methyl sites for hydroxylation is 1. The molecule has 22 heavy (non-hydrogen) atoms. The molecule has 2 aromatic carbocycles. The third-order valence-corrected chi connectivity index (χ3v) is 3.47. The highest BCUT2D eigenvalue weighted by Crippen LogP contribution is 2.18. The molecule has 0 aromatic heterocycles. The monoisotopic (exact) mass is 298 g/mol. The first-order valence-corrected chi connectivity index (χ1v) is 7.49. The average Bonchev–Trinajstić information content (AvgIpc) is 2.54.